The second-order valence-electron chi connectivity index (χ2n) is 2.99. The van der Waals surface area contributed by atoms with Gasteiger partial charge in [-0.1, -0.05) is 0 Å². The van der Waals surface area contributed by atoms with Gasteiger partial charge >= 0.3 is 0 Å². The highest BCUT2D eigenvalue weighted by Crippen LogP contribution is 2.05. The summed E-state index contributed by atoms with van der Waals surface area (Å²) in [7, 11) is 0. The smallest absolute Gasteiger partial charge is 0.0556 e. The number of aryl methyl sites for hydroxylation is 2. The van der Waals surface area contributed by atoms with Gasteiger partial charge in [-0.3, -0.25) is 4.68 Å². The van der Waals surface area contributed by atoms with Crippen molar-refractivity contribution in [1.29, 1.82) is 0 Å². The van der Waals surface area contributed by atoms with Crippen LogP contribution in [0.2, 0.25) is 0 Å². The van der Waals surface area contributed by atoms with Gasteiger partial charge in [0.05, 0.1) is 18.5 Å². The van der Waals surface area contributed by atoms with Crippen molar-refractivity contribution >= 4 is 12.4 Å². The van der Waals surface area contributed by atoms with E-state index >= 15 is 0 Å². The third-order valence-electron chi connectivity index (χ3n) is 2.04. The molecule has 0 bridgehead atoms. The number of aliphatic hydroxyl groups is 1. The van der Waals surface area contributed by atoms with E-state index in [9.17, 15) is 0 Å². The first-order valence-corrected chi connectivity index (χ1v) is 4.62. The summed E-state index contributed by atoms with van der Waals surface area (Å²) in [5.74, 6) is 0. The molecule has 14 heavy (non-hydrogen) atoms. The van der Waals surface area contributed by atoms with Crippen LogP contribution in [0.15, 0.2) is 6.20 Å². The fraction of sp³-hybridized carbons (Fsp3) is 0.667. The largest absolute Gasteiger partial charge is 0.395 e. The normalized spacial score (nSPS) is 9.93. The SMILES string of the molecule is CCn1ncc(C)c1CNCCO.Cl. The van der Waals surface area contributed by atoms with Crippen LogP contribution in [-0.2, 0) is 13.1 Å². The van der Waals surface area contributed by atoms with Crippen molar-refractivity contribution in [2.75, 3.05) is 13.2 Å². The molecule has 0 aliphatic rings. The summed E-state index contributed by atoms with van der Waals surface area (Å²) in [6, 6.07) is 0. The van der Waals surface area contributed by atoms with Gasteiger partial charge < -0.3 is 10.4 Å². The first-order chi connectivity index (χ1) is 6.29. The van der Waals surface area contributed by atoms with Gasteiger partial charge in [-0.25, -0.2) is 0 Å². The van der Waals surface area contributed by atoms with Crippen LogP contribution in [0.1, 0.15) is 18.2 Å². The molecule has 0 aliphatic carbocycles. The summed E-state index contributed by atoms with van der Waals surface area (Å²) >= 11 is 0. The minimum absolute atomic E-state index is 0. The third kappa shape index (κ3) is 3.29. The molecular weight excluding hydrogens is 202 g/mol. The molecule has 0 saturated carbocycles. The molecule has 0 radical (unpaired) electrons. The Bertz CT molecular complexity index is 263. The Balaban J connectivity index is 0.00000169. The maximum absolute atomic E-state index is 8.61. The Morgan fingerprint density at radius 1 is 1.57 bits per heavy atom. The lowest BCUT2D eigenvalue weighted by molar-refractivity contribution is 0.291. The molecule has 1 aromatic heterocycles. The minimum atomic E-state index is 0. The number of aromatic nitrogens is 2. The van der Waals surface area contributed by atoms with Gasteiger partial charge in [-0.2, -0.15) is 5.10 Å². The molecule has 5 heteroatoms. The van der Waals surface area contributed by atoms with Crippen LogP contribution in [0.3, 0.4) is 0 Å². The van der Waals surface area contributed by atoms with E-state index < -0.39 is 0 Å². The molecule has 0 aromatic carbocycles. The number of aliphatic hydroxyl groups excluding tert-OH is 1. The number of nitrogens with one attached hydrogen (secondary N) is 1. The van der Waals surface area contributed by atoms with E-state index in [-0.39, 0.29) is 19.0 Å². The fourth-order valence-electron chi connectivity index (χ4n) is 1.29. The maximum Gasteiger partial charge on any atom is 0.0556 e. The van der Waals surface area contributed by atoms with Crippen LogP contribution in [0.4, 0.5) is 0 Å². The summed E-state index contributed by atoms with van der Waals surface area (Å²) in [5.41, 5.74) is 2.41. The van der Waals surface area contributed by atoms with E-state index in [0.717, 1.165) is 13.1 Å². The molecule has 4 nitrogen and oxygen atoms in total. The van der Waals surface area contributed by atoms with Crippen LogP contribution in [0, 0.1) is 6.92 Å². The van der Waals surface area contributed by atoms with Gasteiger partial charge in [0.25, 0.3) is 0 Å². The highest BCUT2D eigenvalue weighted by molar-refractivity contribution is 5.85. The zero-order valence-electron chi connectivity index (χ0n) is 8.66. The monoisotopic (exact) mass is 219 g/mol. The highest BCUT2D eigenvalue weighted by Gasteiger charge is 2.04. The molecule has 1 rings (SSSR count). The van der Waals surface area contributed by atoms with Crippen molar-refractivity contribution in [2.24, 2.45) is 0 Å². The summed E-state index contributed by atoms with van der Waals surface area (Å²) in [6.07, 6.45) is 1.87. The van der Waals surface area contributed by atoms with Gasteiger partial charge in [0.2, 0.25) is 0 Å². The average molecular weight is 220 g/mol. The molecule has 0 atom stereocenters. The Labute approximate surface area is 90.7 Å². The van der Waals surface area contributed by atoms with E-state index in [0.29, 0.717) is 6.54 Å². The van der Waals surface area contributed by atoms with E-state index in [1.54, 1.807) is 0 Å². The molecule has 0 spiro atoms. The third-order valence-corrected chi connectivity index (χ3v) is 2.04. The van der Waals surface area contributed by atoms with Gasteiger partial charge in [0.15, 0.2) is 0 Å². The second-order valence-corrected chi connectivity index (χ2v) is 2.99. The first-order valence-electron chi connectivity index (χ1n) is 4.62. The number of rotatable bonds is 5. The van der Waals surface area contributed by atoms with Crippen LogP contribution in [-0.4, -0.2) is 28.0 Å². The van der Waals surface area contributed by atoms with Crippen LogP contribution < -0.4 is 5.32 Å². The van der Waals surface area contributed by atoms with E-state index in [4.69, 9.17) is 5.11 Å². The quantitative estimate of drug-likeness (QED) is 0.718. The number of nitrogens with zero attached hydrogens (tertiary/aromatic N) is 2. The van der Waals surface area contributed by atoms with Gasteiger partial charge in [0.1, 0.15) is 0 Å². The van der Waals surface area contributed by atoms with Crippen molar-refractivity contribution < 1.29 is 5.11 Å². The number of hydrogen-bond donors (Lipinski definition) is 2. The van der Waals surface area contributed by atoms with Gasteiger partial charge in [-0.15, -0.1) is 12.4 Å². The van der Waals surface area contributed by atoms with Crippen molar-refractivity contribution in [2.45, 2.75) is 26.9 Å². The molecule has 0 saturated heterocycles. The minimum Gasteiger partial charge on any atom is -0.395 e. The molecular formula is C9H18ClN3O. The van der Waals surface area contributed by atoms with Crippen LogP contribution in [0.5, 0.6) is 0 Å². The number of halogens is 1. The molecule has 82 valence electrons. The Morgan fingerprint density at radius 3 is 2.86 bits per heavy atom. The molecule has 0 unspecified atom stereocenters. The first kappa shape index (κ1) is 13.4. The Kier molecular flexibility index (Phi) is 6.53. The Morgan fingerprint density at radius 2 is 2.29 bits per heavy atom. The summed E-state index contributed by atoms with van der Waals surface area (Å²) < 4.78 is 1.97. The molecule has 1 heterocycles. The lowest BCUT2D eigenvalue weighted by Crippen LogP contribution is -2.20. The lowest BCUT2D eigenvalue weighted by atomic mass is 10.3. The zero-order chi connectivity index (χ0) is 9.68. The zero-order valence-corrected chi connectivity index (χ0v) is 9.47. The summed E-state index contributed by atoms with van der Waals surface area (Å²) in [5, 5.41) is 16.0. The predicted octanol–water partition coefficient (Wildman–Crippen LogP) is 0.715. The molecule has 0 amide bonds. The number of hydrogen-bond acceptors (Lipinski definition) is 3. The van der Waals surface area contributed by atoms with Crippen LogP contribution >= 0.6 is 12.4 Å². The topological polar surface area (TPSA) is 50.1 Å². The average Bonchev–Trinajstić information content (AvgIpc) is 2.48. The van der Waals surface area contributed by atoms with Gasteiger partial charge in [0, 0.05) is 19.6 Å². The lowest BCUT2D eigenvalue weighted by Gasteiger charge is -2.06. The highest BCUT2D eigenvalue weighted by atomic mass is 35.5. The van der Waals surface area contributed by atoms with Crippen molar-refractivity contribution in [3.05, 3.63) is 17.5 Å². The summed E-state index contributed by atoms with van der Waals surface area (Å²) in [6.45, 7) is 6.61. The van der Waals surface area contributed by atoms with E-state index in [2.05, 4.69) is 24.3 Å². The van der Waals surface area contributed by atoms with E-state index in [1.807, 2.05) is 10.9 Å². The molecule has 2 N–H and O–H groups in total. The second kappa shape index (κ2) is 6.81. The molecule has 0 aliphatic heterocycles. The van der Waals surface area contributed by atoms with Crippen molar-refractivity contribution in [3.8, 4) is 0 Å². The predicted molar refractivity (Wildman–Crippen MR) is 58.7 cm³/mol. The maximum atomic E-state index is 8.61. The van der Waals surface area contributed by atoms with Crippen LogP contribution in [0.25, 0.3) is 0 Å². The summed E-state index contributed by atoms with van der Waals surface area (Å²) in [4.78, 5) is 0. The van der Waals surface area contributed by atoms with Gasteiger partial charge in [-0.05, 0) is 19.4 Å². The van der Waals surface area contributed by atoms with Crippen molar-refractivity contribution in [3.63, 3.8) is 0 Å². The molecule has 0 fully saturated rings. The van der Waals surface area contributed by atoms with Crippen molar-refractivity contribution in [1.82, 2.24) is 15.1 Å². The Hall–Kier alpha value is -0.580. The standard InChI is InChI=1S/C9H17N3O.ClH/c1-3-12-9(7-10-4-5-13)8(2)6-11-12;/h6,10,13H,3-5,7H2,1-2H3;1H. The van der Waals surface area contributed by atoms with E-state index in [1.165, 1.54) is 11.3 Å². The fourth-order valence-corrected chi connectivity index (χ4v) is 1.29. The molecule has 1 aromatic rings.